The van der Waals surface area contributed by atoms with Crippen molar-refractivity contribution in [2.75, 3.05) is 32.9 Å². The lowest BCUT2D eigenvalue weighted by Gasteiger charge is -2.36. The number of benzene rings is 2. The lowest BCUT2D eigenvalue weighted by molar-refractivity contribution is -0.0561. The molecule has 0 aromatic heterocycles. The van der Waals surface area contributed by atoms with Gasteiger partial charge in [-0.15, -0.1) is 0 Å². The van der Waals surface area contributed by atoms with Crippen LogP contribution < -0.4 is 0 Å². The Bertz CT molecular complexity index is 714. The van der Waals surface area contributed by atoms with Crippen molar-refractivity contribution < 1.29 is 9.84 Å². The van der Waals surface area contributed by atoms with Gasteiger partial charge in [-0.2, -0.15) is 0 Å². The number of fused-ring (bicyclic) bond motifs is 2. The van der Waals surface area contributed by atoms with E-state index in [1.54, 1.807) is 0 Å². The van der Waals surface area contributed by atoms with Crippen LogP contribution in [0.3, 0.4) is 0 Å². The number of hydrogen-bond acceptors (Lipinski definition) is 3. The highest BCUT2D eigenvalue weighted by molar-refractivity contribution is 5.86. The third kappa shape index (κ3) is 2.57. The summed E-state index contributed by atoms with van der Waals surface area (Å²) in [6.07, 6.45) is 1.07. The van der Waals surface area contributed by atoms with Crippen molar-refractivity contribution in [2.24, 2.45) is 11.3 Å². The number of aliphatic hydroxyl groups is 1. The van der Waals surface area contributed by atoms with Gasteiger partial charge in [-0.3, -0.25) is 4.90 Å². The van der Waals surface area contributed by atoms with Gasteiger partial charge < -0.3 is 9.84 Å². The van der Waals surface area contributed by atoms with Crippen molar-refractivity contribution in [3.05, 3.63) is 47.5 Å². The molecule has 2 aliphatic rings. The van der Waals surface area contributed by atoms with Crippen LogP contribution in [0.15, 0.2) is 36.4 Å². The number of aliphatic hydroxyl groups excluding tert-OH is 1. The SMILES string of the molecule is Cc1ccc2ccccc2c1CN1C[C@@H]2CCOC[C@]2(CO)C1. The minimum absolute atomic E-state index is 0.0449. The van der Waals surface area contributed by atoms with E-state index in [-0.39, 0.29) is 12.0 Å². The predicted molar refractivity (Wildman–Crippen MR) is 92.4 cm³/mol. The summed E-state index contributed by atoms with van der Waals surface area (Å²) in [5, 5.41) is 12.6. The Morgan fingerprint density at radius 2 is 2.13 bits per heavy atom. The topological polar surface area (TPSA) is 32.7 Å². The van der Waals surface area contributed by atoms with Crippen LogP contribution in [0.4, 0.5) is 0 Å². The second-order valence-corrected chi connectivity index (χ2v) is 7.31. The van der Waals surface area contributed by atoms with E-state index < -0.39 is 0 Å². The van der Waals surface area contributed by atoms with Gasteiger partial charge in [0.15, 0.2) is 0 Å². The summed E-state index contributed by atoms with van der Waals surface area (Å²) in [6, 6.07) is 13.1. The maximum Gasteiger partial charge on any atom is 0.0559 e. The number of ether oxygens (including phenoxy) is 1. The minimum atomic E-state index is -0.0449. The van der Waals surface area contributed by atoms with Gasteiger partial charge in [0, 0.05) is 31.7 Å². The number of rotatable bonds is 3. The van der Waals surface area contributed by atoms with Crippen LogP contribution in [-0.4, -0.2) is 42.9 Å². The Kier molecular flexibility index (Phi) is 3.88. The van der Waals surface area contributed by atoms with Gasteiger partial charge in [0.2, 0.25) is 0 Å². The molecule has 23 heavy (non-hydrogen) atoms. The summed E-state index contributed by atoms with van der Waals surface area (Å²) in [5.41, 5.74) is 2.74. The fourth-order valence-corrected chi connectivity index (χ4v) is 4.43. The molecule has 3 heteroatoms. The molecule has 0 amide bonds. The number of hydrogen-bond donors (Lipinski definition) is 1. The lowest BCUT2D eigenvalue weighted by atomic mass is 9.76. The van der Waals surface area contributed by atoms with Crippen LogP contribution in [0.2, 0.25) is 0 Å². The zero-order valence-electron chi connectivity index (χ0n) is 13.8. The molecule has 3 nitrogen and oxygen atoms in total. The summed E-state index contributed by atoms with van der Waals surface area (Å²) in [7, 11) is 0. The van der Waals surface area contributed by atoms with E-state index in [1.165, 1.54) is 21.9 Å². The Balaban J connectivity index is 1.63. The molecule has 2 heterocycles. The van der Waals surface area contributed by atoms with E-state index in [4.69, 9.17) is 4.74 Å². The second kappa shape index (κ2) is 5.90. The van der Waals surface area contributed by atoms with E-state index in [0.29, 0.717) is 12.5 Å². The van der Waals surface area contributed by atoms with Crippen molar-refractivity contribution in [3.8, 4) is 0 Å². The predicted octanol–water partition coefficient (Wildman–Crippen LogP) is 2.98. The molecule has 0 bridgehead atoms. The van der Waals surface area contributed by atoms with E-state index in [1.807, 2.05) is 0 Å². The molecule has 2 aliphatic heterocycles. The molecule has 1 N–H and O–H groups in total. The second-order valence-electron chi connectivity index (χ2n) is 7.31. The first-order valence-corrected chi connectivity index (χ1v) is 8.60. The molecule has 0 radical (unpaired) electrons. The third-order valence-electron chi connectivity index (χ3n) is 5.85. The quantitative estimate of drug-likeness (QED) is 0.946. The average molecular weight is 311 g/mol. The van der Waals surface area contributed by atoms with Gasteiger partial charge in [-0.05, 0) is 41.2 Å². The number of nitrogens with zero attached hydrogens (tertiary/aromatic N) is 1. The molecule has 0 aliphatic carbocycles. The molecule has 2 atom stereocenters. The molecule has 2 fully saturated rings. The Morgan fingerprint density at radius 3 is 2.96 bits per heavy atom. The van der Waals surface area contributed by atoms with E-state index >= 15 is 0 Å². The van der Waals surface area contributed by atoms with Gasteiger partial charge in [0.1, 0.15) is 0 Å². The molecule has 4 rings (SSSR count). The van der Waals surface area contributed by atoms with Gasteiger partial charge in [-0.25, -0.2) is 0 Å². The van der Waals surface area contributed by atoms with Crippen LogP contribution >= 0.6 is 0 Å². The van der Waals surface area contributed by atoms with Crippen LogP contribution in [0, 0.1) is 18.3 Å². The largest absolute Gasteiger partial charge is 0.396 e. The summed E-state index contributed by atoms with van der Waals surface area (Å²) in [5.74, 6) is 0.566. The smallest absolute Gasteiger partial charge is 0.0559 e. The Morgan fingerprint density at radius 1 is 1.26 bits per heavy atom. The summed E-state index contributed by atoms with van der Waals surface area (Å²) in [4.78, 5) is 2.52. The van der Waals surface area contributed by atoms with Crippen LogP contribution in [-0.2, 0) is 11.3 Å². The molecule has 122 valence electrons. The highest BCUT2D eigenvalue weighted by atomic mass is 16.5. The maximum absolute atomic E-state index is 9.96. The number of likely N-dealkylation sites (tertiary alicyclic amines) is 1. The number of aryl methyl sites for hydroxylation is 1. The zero-order valence-corrected chi connectivity index (χ0v) is 13.8. The molecule has 2 saturated heterocycles. The van der Waals surface area contributed by atoms with Crippen molar-refractivity contribution in [2.45, 2.75) is 19.9 Å². The Hall–Kier alpha value is -1.42. The molecular weight excluding hydrogens is 286 g/mol. The van der Waals surface area contributed by atoms with Gasteiger partial charge in [0.25, 0.3) is 0 Å². The van der Waals surface area contributed by atoms with Crippen LogP contribution in [0.1, 0.15) is 17.5 Å². The zero-order chi connectivity index (χ0) is 15.9. The van der Waals surface area contributed by atoms with Gasteiger partial charge in [0.05, 0.1) is 13.2 Å². The molecule has 2 aromatic rings. The normalized spacial score (nSPS) is 28.2. The van der Waals surface area contributed by atoms with Crippen molar-refractivity contribution in [1.82, 2.24) is 4.90 Å². The Labute approximate surface area is 137 Å². The monoisotopic (exact) mass is 311 g/mol. The average Bonchev–Trinajstić information content (AvgIpc) is 2.96. The van der Waals surface area contributed by atoms with Crippen molar-refractivity contribution >= 4 is 10.8 Å². The minimum Gasteiger partial charge on any atom is -0.396 e. The highest BCUT2D eigenvalue weighted by Gasteiger charge is 2.47. The fourth-order valence-electron chi connectivity index (χ4n) is 4.43. The summed E-state index contributed by atoms with van der Waals surface area (Å²) >= 11 is 0. The summed E-state index contributed by atoms with van der Waals surface area (Å²) < 4.78 is 5.68. The van der Waals surface area contributed by atoms with E-state index in [2.05, 4.69) is 48.2 Å². The fraction of sp³-hybridized carbons (Fsp3) is 0.500. The molecule has 2 aromatic carbocycles. The first-order valence-electron chi connectivity index (χ1n) is 8.60. The highest BCUT2D eigenvalue weighted by Crippen LogP contribution is 2.41. The lowest BCUT2D eigenvalue weighted by Crippen LogP contribution is -2.42. The summed E-state index contributed by atoms with van der Waals surface area (Å²) in [6.45, 7) is 6.97. The van der Waals surface area contributed by atoms with Crippen LogP contribution in [0.5, 0.6) is 0 Å². The van der Waals surface area contributed by atoms with E-state index in [0.717, 1.165) is 32.7 Å². The maximum atomic E-state index is 9.96. The first kappa shape index (κ1) is 15.1. The van der Waals surface area contributed by atoms with Gasteiger partial charge in [-0.1, -0.05) is 36.4 Å². The molecular formula is C20H25NO2. The van der Waals surface area contributed by atoms with Crippen LogP contribution in [0.25, 0.3) is 10.8 Å². The standard InChI is InChI=1S/C20H25NO2/c1-15-6-7-16-4-2-3-5-18(16)19(15)11-21-10-17-8-9-23-14-20(17,12-21)13-22/h2-7,17,22H,8-14H2,1H3/t17-,20+/m0/s1. The molecule has 0 spiro atoms. The molecule has 0 saturated carbocycles. The van der Waals surface area contributed by atoms with Gasteiger partial charge >= 0.3 is 0 Å². The van der Waals surface area contributed by atoms with E-state index in [9.17, 15) is 5.11 Å². The van der Waals surface area contributed by atoms with Crippen molar-refractivity contribution in [3.63, 3.8) is 0 Å². The van der Waals surface area contributed by atoms with Crippen molar-refractivity contribution in [1.29, 1.82) is 0 Å². The first-order chi connectivity index (χ1) is 11.2. The third-order valence-corrected chi connectivity index (χ3v) is 5.85. The molecule has 0 unspecified atom stereocenters.